The number of aryl methyl sites for hydroxylation is 1. The van der Waals surface area contributed by atoms with E-state index in [1.807, 2.05) is 12.1 Å². The fraction of sp³-hybridized carbons (Fsp3) is 0.273. The number of benzene rings is 2. The normalized spacial score (nSPS) is 11.3. The number of amidine groups is 1. The molecule has 6 N–H and O–H groups in total. The van der Waals surface area contributed by atoms with Crippen molar-refractivity contribution in [2.75, 3.05) is 10.6 Å². The second-order valence-corrected chi connectivity index (χ2v) is 11.1. The average Bonchev–Trinajstić information content (AvgIpc) is 3.02. The molecule has 0 bridgehead atoms. The van der Waals surface area contributed by atoms with Gasteiger partial charge in [-0.3, -0.25) is 29.3 Å². The van der Waals surface area contributed by atoms with Crippen molar-refractivity contribution in [1.82, 2.24) is 19.9 Å². The summed E-state index contributed by atoms with van der Waals surface area (Å²) < 4.78 is 43.1. The molecular weight excluding hydrogens is 613 g/mol. The molecule has 2 heterocycles. The molecule has 0 saturated heterocycles. The van der Waals surface area contributed by atoms with Gasteiger partial charge in [0.1, 0.15) is 12.4 Å². The third kappa shape index (κ3) is 9.73. The van der Waals surface area contributed by atoms with Crippen molar-refractivity contribution >= 4 is 29.2 Å². The Hall–Kier alpha value is -5.53. The summed E-state index contributed by atoms with van der Waals surface area (Å²) in [6.07, 6.45) is 0.833. The Morgan fingerprint density at radius 2 is 1.70 bits per heavy atom. The number of pyridine rings is 1. The van der Waals surface area contributed by atoms with E-state index >= 15 is 0 Å². The molecule has 47 heavy (non-hydrogen) atoms. The van der Waals surface area contributed by atoms with Crippen molar-refractivity contribution in [3.05, 3.63) is 106 Å². The summed E-state index contributed by atoms with van der Waals surface area (Å²) in [5.41, 5.74) is 5.67. The van der Waals surface area contributed by atoms with Crippen molar-refractivity contribution < 1.29 is 22.8 Å². The van der Waals surface area contributed by atoms with Crippen molar-refractivity contribution in [2.45, 2.75) is 58.4 Å². The molecule has 0 radical (unpaired) electrons. The van der Waals surface area contributed by atoms with Crippen LogP contribution >= 0.6 is 0 Å². The lowest BCUT2D eigenvalue weighted by atomic mass is 10.1. The van der Waals surface area contributed by atoms with E-state index in [0.29, 0.717) is 24.0 Å². The van der Waals surface area contributed by atoms with Crippen LogP contribution in [-0.4, -0.2) is 38.2 Å². The summed E-state index contributed by atoms with van der Waals surface area (Å²) in [6.45, 7) is 3.12. The highest BCUT2D eigenvalue weighted by Gasteiger charge is 2.32. The number of carbonyl (C=O) groups is 2. The number of rotatable bonds is 13. The van der Waals surface area contributed by atoms with E-state index in [9.17, 15) is 27.6 Å². The molecular formula is C33H35F3N8O3. The zero-order valence-electron chi connectivity index (χ0n) is 25.8. The van der Waals surface area contributed by atoms with Gasteiger partial charge in [0.2, 0.25) is 11.8 Å². The van der Waals surface area contributed by atoms with Crippen LogP contribution in [0.25, 0.3) is 11.3 Å². The molecule has 246 valence electrons. The lowest BCUT2D eigenvalue weighted by Gasteiger charge is -2.18. The van der Waals surface area contributed by atoms with Gasteiger partial charge in [-0.1, -0.05) is 24.3 Å². The standard InChI is InChI=1S/C33H35F3N8O3/c1-20(2)42-31-32(47)44(19-29(46)40-17-22-6-8-23(9-7-22)30(37)38)27(18-41-31)24-14-25(33(34,35)36)16-26(15-24)43-28(45)5-3-4-21-10-12-39-13-11-21/h6-16,18,20H,3-5,17,19H2,1-2H3,(H3,37,38)(H,40,46)(H,41,42)(H,43,45). The molecule has 0 aliphatic carbocycles. The number of nitrogens with zero attached hydrogens (tertiary/aromatic N) is 3. The van der Waals surface area contributed by atoms with Gasteiger partial charge in [-0.25, -0.2) is 4.98 Å². The van der Waals surface area contributed by atoms with Gasteiger partial charge < -0.3 is 21.7 Å². The van der Waals surface area contributed by atoms with Gasteiger partial charge in [0.25, 0.3) is 5.56 Å². The Bertz CT molecular complexity index is 1790. The summed E-state index contributed by atoms with van der Waals surface area (Å²) in [7, 11) is 0. The quantitative estimate of drug-likeness (QED) is 0.103. The molecule has 0 spiro atoms. The summed E-state index contributed by atoms with van der Waals surface area (Å²) >= 11 is 0. The van der Waals surface area contributed by atoms with Crippen LogP contribution in [-0.2, 0) is 35.3 Å². The first-order chi connectivity index (χ1) is 22.3. The number of hydrogen-bond donors (Lipinski definition) is 5. The molecule has 4 aromatic rings. The first kappa shape index (κ1) is 34.3. The Kier molecular flexibility index (Phi) is 11.1. The van der Waals surface area contributed by atoms with E-state index in [1.54, 1.807) is 50.5 Å². The minimum absolute atomic E-state index is 0.0513. The van der Waals surface area contributed by atoms with Gasteiger partial charge in [-0.05, 0) is 68.1 Å². The van der Waals surface area contributed by atoms with Crippen LogP contribution in [0.2, 0.25) is 0 Å². The predicted octanol–water partition coefficient (Wildman–Crippen LogP) is 4.71. The zero-order chi connectivity index (χ0) is 34.1. The van der Waals surface area contributed by atoms with Crippen LogP contribution < -0.4 is 27.2 Å². The Morgan fingerprint density at radius 3 is 2.34 bits per heavy atom. The van der Waals surface area contributed by atoms with Gasteiger partial charge in [-0.2, -0.15) is 13.2 Å². The maximum absolute atomic E-state index is 14.0. The SMILES string of the molecule is CC(C)Nc1ncc(-c2cc(NC(=O)CCCc3ccncc3)cc(C(F)(F)F)c2)n(CC(=O)NCc2ccc(C(=N)N)cc2)c1=O. The number of halogens is 3. The highest BCUT2D eigenvalue weighted by molar-refractivity contribution is 5.95. The Balaban J connectivity index is 1.61. The first-order valence-corrected chi connectivity index (χ1v) is 14.8. The average molecular weight is 649 g/mol. The van der Waals surface area contributed by atoms with E-state index in [-0.39, 0.29) is 47.6 Å². The summed E-state index contributed by atoms with van der Waals surface area (Å²) in [5, 5.41) is 15.6. The maximum atomic E-state index is 14.0. The highest BCUT2D eigenvalue weighted by atomic mass is 19.4. The summed E-state index contributed by atoms with van der Waals surface area (Å²) in [5.74, 6) is -1.24. The summed E-state index contributed by atoms with van der Waals surface area (Å²) in [4.78, 5) is 47.4. The van der Waals surface area contributed by atoms with E-state index in [0.717, 1.165) is 22.3 Å². The van der Waals surface area contributed by atoms with Crippen LogP contribution in [0.3, 0.4) is 0 Å². The van der Waals surface area contributed by atoms with Crippen LogP contribution in [0.4, 0.5) is 24.7 Å². The fourth-order valence-electron chi connectivity index (χ4n) is 4.69. The van der Waals surface area contributed by atoms with E-state index in [1.165, 1.54) is 12.3 Å². The molecule has 0 aliphatic rings. The number of anilines is 2. The molecule has 4 rings (SSSR count). The third-order valence-electron chi connectivity index (χ3n) is 6.99. The van der Waals surface area contributed by atoms with Crippen LogP contribution in [0.15, 0.2) is 78.0 Å². The Labute approximate surface area is 269 Å². The molecule has 2 amide bonds. The van der Waals surface area contributed by atoms with Crippen LogP contribution in [0.5, 0.6) is 0 Å². The van der Waals surface area contributed by atoms with Crippen molar-refractivity contribution in [3.8, 4) is 11.3 Å². The fourth-order valence-corrected chi connectivity index (χ4v) is 4.69. The number of carbonyl (C=O) groups excluding carboxylic acids is 2. The number of nitrogen functional groups attached to an aromatic ring is 1. The lowest BCUT2D eigenvalue weighted by Crippen LogP contribution is -2.35. The van der Waals surface area contributed by atoms with Crippen molar-refractivity contribution in [3.63, 3.8) is 0 Å². The highest BCUT2D eigenvalue weighted by Crippen LogP contribution is 2.35. The zero-order valence-corrected chi connectivity index (χ0v) is 25.8. The number of amides is 2. The number of aromatic nitrogens is 3. The van der Waals surface area contributed by atoms with E-state index < -0.39 is 35.7 Å². The maximum Gasteiger partial charge on any atom is 0.416 e. The second-order valence-electron chi connectivity index (χ2n) is 11.1. The Morgan fingerprint density at radius 1 is 1.00 bits per heavy atom. The summed E-state index contributed by atoms with van der Waals surface area (Å²) in [6, 6.07) is 13.0. The monoisotopic (exact) mass is 648 g/mol. The minimum atomic E-state index is -4.77. The van der Waals surface area contributed by atoms with Gasteiger partial charge in [-0.15, -0.1) is 0 Å². The van der Waals surface area contributed by atoms with Crippen LogP contribution in [0, 0.1) is 5.41 Å². The first-order valence-electron chi connectivity index (χ1n) is 14.8. The van der Waals surface area contributed by atoms with E-state index in [2.05, 4.69) is 25.9 Å². The molecule has 2 aromatic carbocycles. The van der Waals surface area contributed by atoms with Gasteiger partial charge >= 0.3 is 6.18 Å². The molecule has 11 nitrogen and oxygen atoms in total. The molecule has 0 aliphatic heterocycles. The number of hydrogen-bond acceptors (Lipinski definition) is 7. The third-order valence-corrected chi connectivity index (χ3v) is 6.99. The topological polar surface area (TPSA) is 168 Å². The molecule has 0 saturated carbocycles. The van der Waals surface area contributed by atoms with E-state index in [4.69, 9.17) is 11.1 Å². The van der Waals surface area contributed by atoms with Crippen molar-refractivity contribution in [2.24, 2.45) is 5.73 Å². The molecule has 0 fully saturated rings. The largest absolute Gasteiger partial charge is 0.416 e. The molecule has 2 aromatic heterocycles. The smallest absolute Gasteiger partial charge is 0.384 e. The number of nitrogens with one attached hydrogen (secondary N) is 4. The predicted molar refractivity (Wildman–Crippen MR) is 173 cm³/mol. The second kappa shape index (κ2) is 15.2. The lowest BCUT2D eigenvalue weighted by molar-refractivity contribution is -0.137. The molecule has 0 atom stereocenters. The number of alkyl halides is 3. The van der Waals surface area contributed by atoms with Crippen molar-refractivity contribution in [1.29, 1.82) is 5.41 Å². The number of nitrogens with two attached hydrogens (primary N) is 1. The van der Waals surface area contributed by atoms with Gasteiger partial charge in [0, 0.05) is 48.2 Å². The molecule has 0 unspecified atom stereocenters. The van der Waals surface area contributed by atoms with Crippen LogP contribution in [0.1, 0.15) is 48.9 Å². The minimum Gasteiger partial charge on any atom is -0.384 e. The molecule has 14 heteroatoms. The van der Waals surface area contributed by atoms with Gasteiger partial charge in [0.05, 0.1) is 17.5 Å². The van der Waals surface area contributed by atoms with Gasteiger partial charge in [0.15, 0.2) is 5.82 Å².